The lowest BCUT2D eigenvalue weighted by Gasteiger charge is -2.34. The summed E-state index contributed by atoms with van der Waals surface area (Å²) in [4.78, 5) is 26.9. The summed E-state index contributed by atoms with van der Waals surface area (Å²) in [6.45, 7) is 7.49. The van der Waals surface area contributed by atoms with E-state index in [1.807, 2.05) is 13.8 Å². The van der Waals surface area contributed by atoms with Crippen LogP contribution in [0, 0.1) is 25.2 Å². The normalized spacial score (nSPS) is 15.5. The summed E-state index contributed by atoms with van der Waals surface area (Å²) >= 11 is 1.35. The van der Waals surface area contributed by atoms with Gasteiger partial charge in [-0.1, -0.05) is 0 Å². The van der Waals surface area contributed by atoms with E-state index in [2.05, 4.69) is 25.8 Å². The molecule has 24 heavy (non-hydrogen) atoms. The number of fused-ring (bicyclic) bond motifs is 1. The largest absolute Gasteiger partial charge is 0.465 e. The second kappa shape index (κ2) is 6.71. The highest BCUT2D eigenvalue weighted by atomic mass is 32.1. The van der Waals surface area contributed by atoms with Crippen molar-refractivity contribution < 1.29 is 9.53 Å². The van der Waals surface area contributed by atoms with Gasteiger partial charge in [0.05, 0.1) is 25.1 Å². The maximum absolute atomic E-state index is 12.0. The van der Waals surface area contributed by atoms with Crippen LogP contribution in [0.3, 0.4) is 0 Å². The number of rotatable bonds is 3. The van der Waals surface area contributed by atoms with Gasteiger partial charge >= 0.3 is 5.97 Å². The number of anilines is 1. The number of piperazine rings is 1. The predicted molar refractivity (Wildman–Crippen MR) is 92.5 cm³/mol. The molecule has 3 heterocycles. The molecule has 1 aliphatic heterocycles. The van der Waals surface area contributed by atoms with E-state index in [1.165, 1.54) is 18.4 Å². The minimum atomic E-state index is -0.335. The lowest BCUT2D eigenvalue weighted by molar-refractivity contribution is 0.0605. The number of aryl methyl sites for hydroxylation is 2. The van der Waals surface area contributed by atoms with Crippen molar-refractivity contribution in [2.24, 2.45) is 0 Å². The van der Waals surface area contributed by atoms with E-state index in [-0.39, 0.29) is 5.97 Å². The van der Waals surface area contributed by atoms with Gasteiger partial charge in [-0.15, -0.1) is 11.3 Å². The lowest BCUT2D eigenvalue weighted by atomic mass is 10.2. The van der Waals surface area contributed by atoms with Crippen LogP contribution in [0.2, 0.25) is 0 Å². The number of ether oxygens (including phenoxy) is 1. The SMILES string of the molecule is COC(=O)c1sc2nc(C)nc(N3CCN(CC#N)CC3)c2c1C. The fourth-order valence-corrected chi connectivity index (χ4v) is 4.09. The standard InChI is InChI=1S/C16H19N5O2S/c1-10-12-14(21-8-6-20(5-4-17)7-9-21)18-11(2)19-15(12)24-13(10)16(22)23-3/h5-9H2,1-3H3. The van der Waals surface area contributed by atoms with Gasteiger partial charge in [0.15, 0.2) is 0 Å². The molecule has 0 aliphatic carbocycles. The van der Waals surface area contributed by atoms with Gasteiger partial charge in [0.1, 0.15) is 21.3 Å². The van der Waals surface area contributed by atoms with E-state index >= 15 is 0 Å². The Labute approximate surface area is 144 Å². The molecule has 1 aliphatic rings. The first kappa shape index (κ1) is 16.6. The third kappa shape index (κ3) is 2.92. The molecule has 0 amide bonds. The van der Waals surface area contributed by atoms with Gasteiger partial charge in [-0.05, 0) is 19.4 Å². The predicted octanol–water partition coefficient (Wildman–Crippen LogP) is 1.74. The Morgan fingerprint density at radius 3 is 2.62 bits per heavy atom. The maximum atomic E-state index is 12.0. The summed E-state index contributed by atoms with van der Waals surface area (Å²) < 4.78 is 4.88. The number of aromatic nitrogens is 2. The second-order valence-corrected chi connectivity index (χ2v) is 6.74. The average Bonchev–Trinajstić information content (AvgIpc) is 2.91. The summed E-state index contributed by atoms with van der Waals surface area (Å²) in [5.74, 6) is 1.23. The van der Waals surface area contributed by atoms with Gasteiger partial charge in [-0.25, -0.2) is 14.8 Å². The first-order chi connectivity index (χ1) is 11.5. The molecule has 0 spiro atoms. The fourth-order valence-electron chi connectivity index (χ4n) is 2.96. The second-order valence-electron chi connectivity index (χ2n) is 5.74. The van der Waals surface area contributed by atoms with Crippen molar-refractivity contribution in [2.75, 3.05) is 44.7 Å². The molecule has 0 bridgehead atoms. The number of hydrogen-bond acceptors (Lipinski definition) is 8. The molecule has 3 rings (SSSR count). The zero-order valence-corrected chi connectivity index (χ0v) is 14.8. The monoisotopic (exact) mass is 345 g/mol. The third-order valence-electron chi connectivity index (χ3n) is 4.22. The highest BCUT2D eigenvalue weighted by Gasteiger charge is 2.25. The number of carbonyl (C=O) groups excluding carboxylic acids is 1. The average molecular weight is 345 g/mol. The molecular weight excluding hydrogens is 326 g/mol. The van der Waals surface area contributed by atoms with E-state index in [0.717, 1.165) is 47.8 Å². The Morgan fingerprint density at radius 2 is 2.00 bits per heavy atom. The molecule has 126 valence electrons. The van der Waals surface area contributed by atoms with Crippen LogP contribution in [-0.2, 0) is 4.74 Å². The molecule has 0 radical (unpaired) electrons. The number of carbonyl (C=O) groups is 1. The summed E-state index contributed by atoms with van der Waals surface area (Å²) in [6.07, 6.45) is 0. The van der Waals surface area contributed by atoms with Crippen LogP contribution >= 0.6 is 11.3 Å². The molecule has 0 unspecified atom stereocenters. The van der Waals surface area contributed by atoms with E-state index in [9.17, 15) is 4.79 Å². The number of methoxy groups -OCH3 is 1. The Hall–Kier alpha value is -2.24. The Bertz CT molecular complexity index is 818. The molecular formula is C16H19N5O2S. The van der Waals surface area contributed by atoms with Crippen LogP contribution in [0.4, 0.5) is 5.82 Å². The van der Waals surface area contributed by atoms with Gasteiger partial charge in [0, 0.05) is 26.2 Å². The lowest BCUT2D eigenvalue weighted by Crippen LogP contribution is -2.46. The Morgan fingerprint density at radius 1 is 1.29 bits per heavy atom. The van der Waals surface area contributed by atoms with E-state index in [4.69, 9.17) is 10.00 Å². The number of thiophene rings is 1. The topological polar surface area (TPSA) is 82.3 Å². The quantitative estimate of drug-likeness (QED) is 0.619. The maximum Gasteiger partial charge on any atom is 0.348 e. The molecule has 0 aromatic carbocycles. The van der Waals surface area contributed by atoms with Crippen molar-refractivity contribution in [3.63, 3.8) is 0 Å². The molecule has 1 fully saturated rings. The first-order valence-electron chi connectivity index (χ1n) is 7.75. The van der Waals surface area contributed by atoms with Crippen molar-refractivity contribution in [2.45, 2.75) is 13.8 Å². The van der Waals surface area contributed by atoms with Crippen molar-refractivity contribution >= 4 is 33.3 Å². The molecule has 2 aromatic heterocycles. The van der Waals surface area contributed by atoms with Crippen molar-refractivity contribution in [3.8, 4) is 6.07 Å². The van der Waals surface area contributed by atoms with E-state index in [1.54, 1.807) is 0 Å². The highest BCUT2D eigenvalue weighted by Crippen LogP contribution is 2.36. The highest BCUT2D eigenvalue weighted by molar-refractivity contribution is 7.20. The van der Waals surface area contributed by atoms with Gasteiger partial charge < -0.3 is 9.64 Å². The zero-order valence-electron chi connectivity index (χ0n) is 14.0. The Balaban J connectivity index is 2.00. The minimum Gasteiger partial charge on any atom is -0.465 e. The molecule has 0 N–H and O–H groups in total. The van der Waals surface area contributed by atoms with Crippen molar-refractivity contribution in [1.82, 2.24) is 14.9 Å². The van der Waals surface area contributed by atoms with Crippen LogP contribution in [0.25, 0.3) is 10.2 Å². The smallest absolute Gasteiger partial charge is 0.348 e. The fraction of sp³-hybridized carbons (Fsp3) is 0.500. The van der Waals surface area contributed by atoms with Crippen LogP contribution in [0.15, 0.2) is 0 Å². The van der Waals surface area contributed by atoms with Crippen LogP contribution in [0.5, 0.6) is 0 Å². The van der Waals surface area contributed by atoms with Gasteiger partial charge in [0.25, 0.3) is 0 Å². The number of nitriles is 1. The molecule has 0 atom stereocenters. The summed E-state index contributed by atoms with van der Waals surface area (Å²) in [5, 5.41) is 9.76. The van der Waals surface area contributed by atoms with Gasteiger partial charge in [-0.2, -0.15) is 5.26 Å². The van der Waals surface area contributed by atoms with Gasteiger partial charge in [0.2, 0.25) is 0 Å². The number of esters is 1. The molecule has 0 saturated carbocycles. The Kier molecular flexibility index (Phi) is 4.64. The van der Waals surface area contributed by atoms with E-state index in [0.29, 0.717) is 17.2 Å². The summed E-state index contributed by atoms with van der Waals surface area (Å²) in [7, 11) is 1.39. The van der Waals surface area contributed by atoms with Crippen molar-refractivity contribution in [3.05, 3.63) is 16.3 Å². The molecule has 8 heteroatoms. The van der Waals surface area contributed by atoms with Crippen LogP contribution in [0.1, 0.15) is 21.1 Å². The zero-order chi connectivity index (χ0) is 17.3. The first-order valence-corrected chi connectivity index (χ1v) is 8.57. The molecule has 1 saturated heterocycles. The number of hydrogen-bond donors (Lipinski definition) is 0. The van der Waals surface area contributed by atoms with Gasteiger partial charge in [-0.3, -0.25) is 4.90 Å². The third-order valence-corrected chi connectivity index (χ3v) is 5.39. The minimum absolute atomic E-state index is 0.335. The van der Waals surface area contributed by atoms with E-state index < -0.39 is 0 Å². The number of nitrogens with zero attached hydrogens (tertiary/aromatic N) is 5. The van der Waals surface area contributed by atoms with Crippen molar-refractivity contribution in [1.29, 1.82) is 5.26 Å². The molecule has 2 aromatic rings. The van der Waals surface area contributed by atoms with Crippen LogP contribution < -0.4 is 4.90 Å². The summed E-state index contributed by atoms with van der Waals surface area (Å²) in [5.41, 5.74) is 0.872. The molecule has 7 nitrogen and oxygen atoms in total. The summed E-state index contributed by atoms with van der Waals surface area (Å²) in [6, 6.07) is 2.19. The van der Waals surface area contributed by atoms with Crippen LogP contribution in [-0.4, -0.2) is 60.7 Å².